The molecule has 28 heavy (non-hydrogen) atoms. The molecule has 0 aliphatic carbocycles. The van der Waals surface area contributed by atoms with Crippen molar-refractivity contribution in [3.8, 4) is 0 Å². The molecule has 0 atom stereocenters. The molecular weight excluding hydrogens is 326 g/mol. The van der Waals surface area contributed by atoms with E-state index in [2.05, 4.69) is 109 Å². The third-order valence-corrected chi connectivity index (χ3v) is 4.50. The Bertz CT molecular complexity index is 1070. The Morgan fingerprint density at radius 2 is 0.964 bits per heavy atom. The van der Waals surface area contributed by atoms with Gasteiger partial charge in [0.1, 0.15) is 0 Å². The molecule has 0 aliphatic rings. The monoisotopic (exact) mass is 346 g/mol. The summed E-state index contributed by atoms with van der Waals surface area (Å²) in [4.78, 5) is 0. The summed E-state index contributed by atoms with van der Waals surface area (Å²) in [6.07, 6.45) is 8.78. The molecule has 4 aromatic rings. The summed E-state index contributed by atoms with van der Waals surface area (Å²) in [5.41, 5.74) is 4.89. The normalized spacial score (nSPS) is 10.7. The van der Waals surface area contributed by atoms with Gasteiger partial charge in [0.05, 0.1) is 0 Å². The molecular formula is C26H20Li2. The van der Waals surface area contributed by atoms with Crippen molar-refractivity contribution in [2.75, 3.05) is 0 Å². The molecule has 0 saturated carbocycles. The van der Waals surface area contributed by atoms with Gasteiger partial charge in [-0.05, 0) is 33.0 Å². The first-order chi connectivity index (χ1) is 12.9. The largest absolute Gasteiger partial charge is 0.0622 e. The van der Waals surface area contributed by atoms with Gasteiger partial charge in [-0.15, -0.1) is 0 Å². The molecule has 4 aromatic carbocycles. The van der Waals surface area contributed by atoms with E-state index in [0.717, 1.165) is 0 Å². The van der Waals surface area contributed by atoms with Crippen molar-refractivity contribution in [1.82, 2.24) is 0 Å². The average molecular weight is 346 g/mol. The second-order valence-electron chi connectivity index (χ2n) is 6.28. The minimum atomic E-state index is 0. The Hall–Kier alpha value is -2.19. The summed E-state index contributed by atoms with van der Waals surface area (Å²) in [5.74, 6) is 0. The van der Waals surface area contributed by atoms with Crippen LogP contribution in [0, 0.1) is 0 Å². The van der Waals surface area contributed by atoms with Gasteiger partial charge >= 0.3 is 0 Å². The Kier molecular flexibility index (Phi) is 8.66. The maximum Gasteiger partial charge on any atom is 0 e. The van der Waals surface area contributed by atoms with Crippen LogP contribution in [0.3, 0.4) is 0 Å². The van der Waals surface area contributed by atoms with E-state index in [-0.39, 0.29) is 37.7 Å². The summed E-state index contributed by atoms with van der Waals surface area (Å²) >= 11 is 0. The zero-order valence-electron chi connectivity index (χ0n) is 16.5. The number of rotatable bonds is 4. The fourth-order valence-corrected chi connectivity index (χ4v) is 3.14. The molecule has 2 heteroatoms. The topological polar surface area (TPSA) is 0 Å². The van der Waals surface area contributed by atoms with E-state index in [1.54, 1.807) is 0 Å². The van der Waals surface area contributed by atoms with E-state index in [9.17, 15) is 0 Å². The van der Waals surface area contributed by atoms with Crippen LogP contribution in [0.4, 0.5) is 0 Å². The van der Waals surface area contributed by atoms with Gasteiger partial charge in [-0.1, -0.05) is 121 Å². The average Bonchev–Trinajstić information content (AvgIpc) is 2.72. The van der Waals surface area contributed by atoms with Crippen molar-refractivity contribution in [1.29, 1.82) is 0 Å². The molecule has 0 saturated heterocycles. The van der Waals surface area contributed by atoms with E-state index >= 15 is 0 Å². The molecule has 0 heterocycles. The van der Waals surface area contributed by atoms with Crippen LogP contribution in [-0.4, -0.2) is 37.7 Å². The van der Waals surface area contributed by atoms with Crippen molar-refractivity contribution in [3.63, 3.8) is 0 Å². The fourth-order valence-electron chi connectivity index (χ4n) is 3.14. The summed E-state index contributed by atoms with van der Waals surface area (Å²) in [7, 11) is 0. The number of fused-ring (bicyclic) bond motifs is 1. The van der Waals surface area contributed by atoms with E-state index < -0.39 is 0 Å². The van der Waals surface area contributed by atoms with Crippen molar-refractivity contribution in [3.05, 3.63) is 119 Å². The quantitative estimate of drug-likeness (QED) is 0.295. The smallest absolute Gasteiger partial charge is 0 e. The molecule has 0 fully saturated rings. The maximum atomic E-state index is 2.22. The molecule has 0 nitrogen and oxygen atoms in total. The van der Waals surface area contributed by atoms with Gasteiger partial charge in [0.15, 0.2) is 0 Å². The summed E-state index contributed by atoms with van der Waals surface area (Å²) < 4.78 is 0. The Morgan fingerprint density at radius 1 is 0.429 bits per heavy atom. The molecule has 0 aromatic heterocycles. The minimum absolute atomic E-state index is 0. The molecule has 0 amide bonds. The van der Waals surface area contributed by atoms with Crippen molar-refractivity contribution < 1.29 is 0 Å². The molecule has 0 N–H and O–H groups in total. The van der Waals surface area contributed by atoms with Crippen LogP contribution in [0.1, 0.15) is 22.3 Å². The zero-order chi connectivity index (χ0) is 17.6. The van der Waals surface area contributed by atoms with Crippen molar-refractivity contribution in [2.24, 2.45) is 0 Å². The third kappa shape index (κ3) is 5.42. The Balaban J connectivity index is 0.00000140. The second-order valence-corrected chi connectivity index (χ2v) is 6.28. The van der Waals surface area contributed by atoms with E-state index in [1.165, 1.54) is 33.0 Å². The summed E-state index contributed by atoms with van der Waals surface area (Å²) in [6, 6.07) is 33.8. The molecule has 2 radical (unpaired) electrons. The fraction of sp³-hybridized carbons (Fsp3) is 0. The first kappa shape index (κ1) is 22.1. The standard InChI is InChI=1S/C26H20.2Li/c1-3-9-21(10-4-1)15-17-24-19-18-23-13-7-8-14-25(23)26(24)20-16-22-11-5-2-6-12-22;;/h1-20H;;. The molecule has 0 unspecified atom stereocenters. The number of hydrogen-bond donors (Lipinski definition) is 0. The Morgan fingerprint density at radius 3 is 1.61 bits per heavy atom. The SMILES string of the molecule is C(=Cc1ccc2ccccc2c1C=Cc1ccccc1)c1ccccc1.[Li].[Li]. The molecule has 126 valence electrons. The molecule has 0 aliphatic heterocycles. The van der Waals surface area contributed by atoms with E-state index in [1.807, 2.05) is 12.1 Å². The van der Waals surface area contributed by atoms with Crippen LogP contribution in [0.15, 0.2) is 97.1 Å². The van der Waals surface area contributed by atoms with Gasteiger partial charge in [-0.3, -0.25) is 0 Å². The van der Waals surface area contributed by atoms with E-state index in [4.69, 9.17) is 0 Å². The van der Waals surface area contributed by atoms with Gasteiger partial charge in [-0.2, -0.15) is 0 Å². The number of benzene rings is 4. The van der Waals surface area contributed by atoms with Gasteiger partial charge in [0, 0.05) is 37.7 Å². The molecule has 0 bridgehead atoms. The molecule has 4 rings (SSSR count). The van der Waals surface area contributed by atoms with Crippen LogP contribution >= 0.6 is 0 Å². The van der Waals surface area contributed by atoms with Gasteiger partial charge in [0.25, 0.3) is 0 Å². The molecule has 0 spiro atoms. The van der Waals surface area contributed by atoms with Crippen LogP contribution < -0.4 is 0 Å². The number of hydrogen-bond acceptors (Lipinski definition) is 0. The van der Waals surface area contributed by atoms with E-state index in [0.29, 0.717) is 0 Å². The van der Waals surface area contributed by atoms with Gasteiger partial charge in [-0.25, -0.2) is 0 Å². The maximum absolute atomic E-state index is 2.22. The predicted molar refractivity (Wildman–Crippen MR) is 126 cm³/mol. The van der Waals surface area contributed by atoms with Crippen LogP contribution in [-0.2, 0) is 0 Å². The van der Waals surface area contributed by atoms with Crippen molar-refractivity contribution >= 4 is 72.8 Å². The van der Waals surface area contributed by atoms with Crippen molar-refractivity contribution in [2.45, 2.75) is 0 Å². The first-order valence-corrected chi connectivity index (χ1v) is 8.88. The minimum Gasteiger partial charge on any atom is -0.0622 e. The second kappa shape index (κ2) is 11.0. The van der Waals surface area contributed by atoms with Crippen LogP contribution in [0.5, 0.6) is 0 Å². The third-order valence-electron chi connectivity index (χ3n) is 4.50. The Labute approximate surface area is 191 Å². The summed E-state index contributed by atoms with van der Waals surface area (Å²) in [5, 5.41) is 2.53. The van der Waals surface area contributed by atoms with Gasteiger partial charge in [0.2, 0.25) is 0 Å². The van der Waals surface area contributed by atoms with Crippen LogP contribution in [0.2, 0.25) is 0 Å². The van der Waals surface area contributed by atoms with Crippen LogP contribution in [0.25, 0.3) is 35.1 Å². The predicted octanol–water partition coefficient (Wildman–Crippen LogP) is 6.42. The summed E-state index contributed by atoms with van der Waals surface area (Å²) in [6.45, 7) is 0. The zero-order valence-corrected chi connectivity index (χ0v) is 16.5. The van der Waals surface area contributed by atoms with Gasteiger partial charge < -0.3 is 0 Å². The first-order valence-electron chi connectivity index (χ1n) is 8.88.